The Kier molecular flexibility index (Phi) is 6.83. The SMILES string of the molecule is CCOC(=O)C(CNC(=O)Nc1ccccc1)Cc1ccccc1. The standard InChI is InChI=1S/C19H22N2O3/c1-2-24-18(22)16(13-15-9-5-3-6-10-15)14-20-19(23)21-17-11-7-4-8-12-17/h3-12,16H,2,13-14H2,1H3,(H2,20,21,23). The summed E-state index contributed by atoms with van der Waals surface area (Å²) in [7, 11) is 0. The summed E-state index contributed by atoms with van der Waals surface area (Å²) < 4.78 is 5.12. The quantitative estimate of drug-likeness (QED) is 0.768. The number of hydrogen-bond donors (Lipinski definition) is 2. The Hall–Kier alpha value is -2.82. The van der Waals surface area contributed by atoms with E-state index >= 15 is 0 Å². The molecule has 5 heteroatoms. The van der Waals surface area contributed by atoms with Gasteiger partial charge in [0.1, 0.15) is 0 Å². The monoisotopic (exact) mass is 326 g/mol. The zero-order valence-electron chi connectivity index (χ0n) is 13.7. The Labute approximate surface area is 142 Å². The molecular weight excluding hydrogens is 304 g/mol. The van der Waals surface area contributed by atoms with Crippen molar-refractivity contribution in [1.29, 1.82) is 0 Å². The van der Waals surface area contributed by atoms with Crippen LogP contribution in [0, 0.1) is 5.92 Å². The average Bonchev–Trinajstić information content (AvgIpc) is 2.60. The minimum Gasteiger partial charge on any atom is -0.466 e. The maximum Gasteiger partial charge on any atom is 0.319 e. The molecule has 2 rings (SSSR count). The molecule has 24 heavy (non-hydrogen) atoms. The predicted octanol–water partition coefficient (Wildman–Crippen LogP) is 3.23. The number of hydrogen-bond acceptors (Lipinski definition) is 3. The summed E-state index contributed by atoms with van der Waals surface area (Å²) >= 11 is 0. The molecule has 2 aromatic rings. The first-order valence-electron chi connectivity index (χ1n) is 7.99. The summed E-state index contributed by atoms with van der Waals surface area (Å²) in [4.78, 5) is 24.1. The normalized spacial score (nSPS) is 11.4. The van der Waals surface area contributed by atoms with E-state index in [-0.39, 0.29) is 18.5 Å². The van der Waals surface area contributed by atoms with Crippen molar-refractivity contribution in [3.63, 3.8) is 0 Å². The third-order valence-corrected chi connectivity index (χ3v) is 3.49. The van der Waals surface area contributed by atoms with Crippen molar-refractivity contribution in [2.24, 2.45) is 5.92 Å². The fraction of sp³-hybridized carbons (Fsp3) is 0.263. The van der Waals surface area contributed by atoms with Gasteiger partial charge < -0.3 is 15.4 Å². The van der Waals surface area contributed by atoms with Crippen molar-refractivity contribution in [3.05, 3.63) is 66.2 Å². The summed E-state index contributed by atoms with van der Waals surface area (Å²) in [6, 6.07) is 18.5. The molecular formula is C19H22N2O3. The average molecular weight is 326 g/mol. The van der Waals surface area contributed by atoms with Crippen LogP contribution in [-0.4, -0.2) is 25.2 Å². The second-order valence-electron chi connectivity index (χ2n) is 5.34. The first-order valence-corrected chi connectivity index (χ1v) is 7.99. The van der Waals surface area contributed by atoms with Gasteiger partial charge >= 0.3 is 12.0 Å². The number of urea groups is 1. The Morgan fingerprint density at radius 2 is 1.62 bits per heavy atom. The van der Waals surface area contributed by atoms with Crippen LogP contribution in [0.1, 0.15) is 12.5 Å². The molecule has 0 aliphatic carbocycles. The van der Waals surface area contributed by atoms with Crippen LogP contribution in [-0.2, 0) is 16.0 Å². The minimum absolute atomic E-state index is 0.215. The maximum atomic E-state index is 12.1. The number of esters is 1. The highest BCUT2D eigenvalue weighted by atomic mass is 16.5. The third kappa shape index (κ3) is 5.76. The van der Waals surface area contributed by atoms with Crippen LogP contribution in [0.15, 0.2) is 60.7 Å². The van der Waals surface area contributed by atoms with Gasteiger partial charge in [-0.2, -0.15) is 0 Å². The number of ether oxygens (including phenoxy) is 1. The van der Waals surface area contributed by atoms with Gasteiger partial charge in [0.05, 0.1) is 12.5 Å². The van der Waals surface area contributed by atoms with Crippen molar-refractivity contribution < 1.29 is 14.3 Å². The first-order chi connectivity index (χ1) is 11.7. The van der Waals surface area contributed by atoms with Crippen molar-refractivity contribution in [2.75, 3.05) is 18.5 Å². The molecule has 126 valence electrons. The molecule has 0 aliphatic heterocycles. The van der Waals surface area contributed by atoms with E-state index in [0.717, 1.165) is 5.56 Å². The van der Waals surface area contributed by atoms with Gasteiger partial charge in [0.2, 0.25) is 0 Å². The first kappa shape index (κ1) is 17.5. The van der Waals surface area contributed by atoms with E-state index in [4.69, 9.17) is 4.74 Å². The Morgan fingerprint density at radius 3 is 2.25 bits per heavy atom. The minimum atomic E-state index is -0.422. The van der Waals surface area contributed by atoms with Gasteiger partial charge in [0.25, 0.3) is 0 Å². The molecule has 0 heterocycles. The summed E-state index contributed by atoms with van der Waals surface area (Å²) in [6.07, 6.45) is 0.519. The maximum absolute atomic E-state index is 12.1. The van der Waals surface area contributed by atoms with Gasteiger partial charge in [-0.05, 0) is 31.0 Å². The number of rotatable bonds is 7. The highest BCUT2D eigenvalue weighted by Crippen LogP contribution is 2.11. The van der Waals surface area contributed by atoms with E-state index in [9.17, 15) is 9.59 Å². The number of amides is 2. The third-order valence-electron chi connectivity index (χ3n) is 3.49. The van der Waals surface area contributed by atoms with E-state index < -0.39 is 5.92 Å². The smallest absolute Gasteiger partial charge is 0.319 e. The molecule has 0 spiro atoms. The number of carbonyl (C=O) groups is 2. The molecule has 2 N–H and O–H groups in total. The van der Waals surface area contributed by atoms with Crippen LogP contribution < -0.4 is 10.6 Å². The molecule has 0 aromatic heterocycles. The van der Waals surface area contributed by atoms with E-state index in [1.54, 1.807) is 19.1 Å². The lowest BCUT2D eigenvalue weighted by Crippen LogP contribution is -2.37. The lowest BCUT2D eigenvalue weighted by Gasteiger charge is -2.17. The fourth-order valence-corrected chi connectivity index (χ4v) is 2.31. The molecule has 1 atom stereocenters. The second kappa shape index (κ2) is 9.35. The Morgan fingerprint density at radius 1 is 1.00 bits per heavy atom. The molecule has 5 nitrogen and oxygen atoms in total. The van der Waals surface area contributed by atoms with Gasteiger partial charge in [-0.25, -0.2) is 4.79 Å². The fourth-order valence-electron chi connectivity index (χ4n) is 2.31. The Bertz CT molecular complexity index is 644. The predicted molar refractivity (Wildman–Crippen MR) is 93.7 cm³/mol. The second-order valence-corrected chi connectivity index (χ2v) is 5.34. The summed E-state index contributed by atoms with van der Waals surface area (Å²) in [5, 5.41) is 5.47. The molecule has 0 bridgehead atoms. The van der Waals surface area contributed by atoms with Crippen molar-refractivity contribution >= 4 is 17.7 Å². The number of carbonyl (C=O) groups excluding carboxylic acids is 2. The van der Waals surface area contributed by atoms with Gasteiger partial charge in [0, 0.05) is 12.2 Å². The van der Waals surface area contributed by atoms with Crippen molar-refractivity contribution in [1.82, 2.24) is 5.32 Å². The largest absolute Gasteiger partial charge is 0.466 e. The number of anilines is 1. The highest BCUT2D eigenvalue weighted by molar-refractivity contribution is 5.89. The van der Waals surface area contributed by atoms with Crippen LogP contribution in [0.5, 0.6) is 0 Å². The van der Waals surface area contributed by atoms with Crippen LogP contribution in [0.4, 0.5) is 10.5 Å². The lowest BCUT2D eigenvalue weighted by atomic mass is 9.99. The summed E-state index contributed by atoms with van der Waals surface area (Å²) in [5.41, 5.74) is 1.73. The number of benzene rings is 2. The molecule has 0 saturated carbocycles. The summed E-state index contributed by atoms with van der Waals surface area (Å²) in [6.45, 7) is 2.31. The van der Waals surface area contributed by atoms with Gasteiger partial charge in [-0.15, -0.1) is 0 Å². The highest BCUT2D eigenvalue weighted by Gasteiger charge is 2.21. The molecule has 0 radical (unpaired) electrons. The number of para-hydroxylation sites is 1. The number of nitrogens with one attached hydrogen (secondary N) is 2. The zero-order valence-corrected chi connectivity index (χ0v) is 13.7. The van der Waals surface area contributed by atoms with E-state index in [1.165, 1.54) is 0 Å². The van der Waals surface area contributed by atoms with Gasteiger partial charge in [-0.3, -0.25) is 4.79 Å². The molecule has 1 unspecified atom stereocenters. The van der Waals surface area contributed by atoms with E-state index in [0.29, 0.717) is 18.7 Å². The lowest BCUT2D eigenvalue weighted by molar-refractivity contribution is -0.147. The van der Waals surface area contributed by atoms with E-state index in [1.807, 2.05) is 48.5 Å². The molecule has 0 fully saturated rings. The Balaban J connectivity index is 1.92. The molecule has 2 aromatic carbocycles. The topological polar surface area (TPSA) is 67.4 Å². The van der Waals surface area contributed by atoms with Crippen LogP contribution >= 0.6 is 0 Å². The molecule has 0 saturated heterocycles. The van der Waals surface area contributed by atoms with Crippen LogP contribution in [0.25, 0.3) is 0 Å². The van der Waals surface area contributed by atoms with Crippen LogP contribution in [0.3, 0.4) is 0 Å². The van der Waals surface area contributed by atoms with Gasteiger partial charge in [-0.1, -0.05) is 48.5 Å². The van der Waals surface area contributed by atoms with Gasteiger partial charge in [0.15, 0.2) is 0 Å². The molecule has 0 aliphatic rings. The molecule has 2 amide bonds. The van der Waals surface area contributed by atoms with Crippen LogP contribution in [0.2, 0.25) is 0 Å². The van der Waals surface area contributed by atoms with Crippen molar-refractivity contribution in [2.45, 2.75) is 13.3 Å². The zero-order chi connectivity index (χ0) is 17.2. The van der Waals surface area contributed by atoms with E-state index in [2.05, 4.69) is 10.6 Å². The summed E-state index contributed by atoms with van der Waals surface area (Å²) in [5.74, 6) is -0.727. The van der Waals surface area contributed by atoms with Crippen molar-refractivity contribution in [3.8, 4) is 0 Å².